The fraction of sp³-hybridized carbons (Fsp3) is 0.405. The van der Waals surface area contributed by atoms with Crippen molar-refractivity contribution in [3.8, 4) is 0 Å². The number of rotatable bonds is 4. The summed E-state index contributed by atoms with van der Waals surface area (Å²) in [7, 11) is 0. The highest BCUT2D eigenvalue weighted by Crippen LogP contribution is 2.44. The molecule has 1 nitrogen and oxygen atoms in total. The van der Waals surface area contributed by atoms with E-state index in [1.807, 2.05) is 25.6 Å². The van der Waals surface area contributed by atoms with Gasteiger partial charge in [0.15, 0.2) is 0 Å². The first-order chi connectivity index (χ1) is 18.1. The molecule has 2 heteroatoms. The predicted molar refractivity (Wildman–Crippen MR) is 177 cm³/mol. The van der Waals surface area contributed by atoms with Crippen LogP contribution in [0.25, 0.3) is 0 Å². The van der Waals surface area contributed by atoms with Gasteiger partial charge in [0.1, 0.15) is 0 Å². The van der Waals surface area contributed by atoms with Crippen molar-refractivity contribution in [2.75, 3.05) is 5.32 Å². The van der Waals surface area contributed by atoms with E-state index in [2.05, 4.69) is 135 Å². The van der Waals surface area contributed by atoms with Gasteiger partial charge >= 0.3 is 0 Å². The Hall–Kier alpha value is -2.71. The normalized spacial score (nSPS) is 11.9. The van der Waals surface area contributed by atoms with Crippen molar-refractivity contribution in [2.24, 2.45) is 0 Å². The van der Waals surface area contributed by atoms with Gasteiger partial charge < -0.3 is 5.32 Å². The lowest BCUT2D eigenvalue weighted by Gasteiger charge is -2.25. The van der Waals surface area contributed by atoms with E-state index in [0.29, 0.717) is 0 Å². The average Bonchev–Trinajstić information content (AvgIpc) is 2.85. The molecule has 1 aliphatic rings. The monoisotopic (exact) mass is 541 g/mol. The molecular weight excluding hydrogens is 490 g/mol. The van der Waals surface area contributed by atoms with E-state index in [9.17, 15) is 0 Å². The predicted octanol–water partition coefficient (Wildman–Crippen LogP) is 12.0. The first kappa shape index (κ1) is 32.5. The second-order valence-electron chi connectivity index (χ2n) is 12.9. The molecule has 3 aromatic rings. The summed E-state index contributed by atoms with van der Waals surface area (Å²) in [5.41, 5.74) is 11.0. The molecule has 0 amide bonds. The zero-order valence-corrected chi connectivity index (χ0v) is 27.0. The number of hydrogen-bond donors (Lipinski definition) is 1. The van der Waals surface area contributed by atoms with Crippen molar-refractivity contribution in [3.05, 3.63) is 107 Å². The van der Waals surface area contributed by atoms with Crippen molar-refractivity contribution in [1.82, 2.24) is 0 Å². The Morgan fingerprint density at radius 1 is 0.718 bits per heavy atom. The summed E-state index contributed by atoms with van der Waals surface area (Å²) in [6.07, 6.45) is 3.28. The van der Waals surface area contributed by atoms with Gasteiger partial charge in [0.25, 0.3) is 0 Å². The summed E-state index contributed by atoms with van der Waals surface area (Å²) < 4.78 is 0. The third-order valence-electron chi connectivity index (χ3n) is 6.62. The molecule has 0 bridgehead atoms. The van der Waals surface area contributed by atoms with Gasteiger partial charge in [-0.25, -0.2) is 0 Å². The lowest BCUT2D eigenvalue weighted by atomic mass is 9.80. The molecule has 0 fully saturated rings. The highest BCUT2D eigenvalue weighted by molar-refractivity contribution is 7.99. The van der Waals surface area contributed by atoms with Crippen molar-refractivity contribution in [3.63, 3.8) is 0 Å². The van der Waals surface area contributed by atoms with Crippen LogP contribution in [0.4, 0.5) is 11.4 Å². The number of anilines is 2. The average molecular weight is 542 g/mol. The molecule has 0 unspecified atom stereocenters. The number of nitrogens with one attached hydrogen (secondary N) is 1. The first-order valence-electron chi connectivity index (χ1n) is 14.2. The van der Waals surface area contributed by atoms with E-state index in [1.54, 1.807) is 0 Å². The minimum Gasteiger partial charge on any atom is -0.354 e. The highest BCUT2D eigenvalue weighted by Gasteiger charge is 2.19. The standard InChI is InChI=1S/C15H24.C14H13NS.C8H14/c1-11-8-12(14(2,3)4)10-13(9-11)15(5,6)7;1-2-10-7-8-12-14(9-10)16-13-6-4-3-5-11(13)15-12;1-7(2)5-6-8(3)4/h8-10H,1-7H3;3-9,15H,2H2,1H3;1,3,5-6H2,2,4H3. The van der Waals surface area contributed by atoms with Crippen LogP contribution < -0.4 is 5.32 Å². The zero-order chi connectivity index (χ0) is 29.4. The van der Waals surface area contributed by atoms with Crippen molar-refractivity contribution >= 4 is 23.1 Å². The molecule has 1 aliphatic heterocycles. The van der Waals surface area contributed by atoms with Crippen molar-refractivity contribution in [1.29, 1.82) is 0 Å². The molecule has 0 atom stereocenters. The van der Waals surface area contributed by atoms with Gasteiger partial charge in [0.2, 0.25) is 0 Å². The third-order valence-corrected chi connectivity index (χ3v) is 7.75. The summed E-state index contributed by atoms with van der Waals surface area (Å²) in [6, 6.07) is 22.0. The van der Waals surface area contributed by atoms with Crippen molar-refractivity contribution < 1.29 is 0 Å². The number of benzene rings is 3. The number of hydrogen-bond acceptors (Lipinski definition) is 2. The van der Waals surface area contributed by atoms with Crippen LogP contribution in [0, 0.1) is 6.92 Å². The second kappa shape index (κ2) is 14.1. The number of para-hydroxylation sites is 1. The molecular formula is C37H51NS. The summed E-state index contributed by atoms with van der Waals surface area (Å²) in [5.74, 6) is 0. The van der Waals surface area contributed by atoms with Crippen LogP contribution >= 0.6 is 11.8 Å². The quantitative estimate of drug-likeness (QED) is 0.258. The van der Waals surface area contributed by atoms with Crippen LogP contribution in [-0.2, 0) is 17.3 Å². The Kier molecular flexibility index (Phi) is 11.7. The van der Waals surface area contributed by atoms with E-state index in [-0.39, 0.29) is 10.8 Å². The van der Waals surface area contributed by atoms with Crippen LogP contribution in [0.2, 0.25) is 0 Å². The van der Waals surface area contributed by atoms with Gasteiger partial charge in [-0.3, -0.25) is 0 Å². The van der Waals surface area contributed by atoms with Gasteiger partial charge in [0, 0.05) is 9.79 Å². The highest BCUT2D eigenvalue weighted by atomic mass is 32.2. The van der Waals surface area contributed by atoms with Gasteiger partial charge in [0.05, 0.1) is 11.4 Å². The molecule has 1 heterocycles. The molecule has 0 aliphatic carbocycles. The van der Waals surface area contributed by atoms with Gasteiger partial charge in [-0.15, -0.1) is 13.2 Å². The summed E-state index contributed by atoms with van der Waals surface area (Å²) >= 11 is 1.85. The Morgan fingerprint density at radius 2 is 1.23 bits per heavy atom. The fourth-order valence-corrected chi connectivity index (χ4v) is 5.02. The second-order valence-corrected chi connectivity index (χ2v) is 14.0. The van der Waals surface area contributed by atoms with E-state index >= 15 is 0 Å². The molecule has 1 N–H and O–H groups in total. The zero-order valence-electron chi connectivity index (χ0n) is 26.2. The van der Waals surface area contributed by atoms with Crippen LogP contribution in [0.5, 0.6) is 0 Å². The third kappa shape index (κ3) is 10.8. The smallest absolute Gasteiger partial charge is 0.0526 e. The van der Waals surface area contributed by atoms with E-state index in [4.69, 9.17) is 0 Å². The molecule has 3 aromatic carbocycles. The SMILES string of the molecule is C=C(C)CCC(=C)C.CCc1ccc2c(c1)Sc1ccccc1N2.Cc1cc(C(C)(C)C)cc(C(C)(C)C)c1. The summed E-state index contributed by atoms with van der Waals surface area (Å²) in [4.78, 5) is 2.64. The number of fused-ring (bicyclic) bond motifs is 2. The maximum atomic E-state index is 3.79. The Balaban J connectivity index is 0.000000218. The maximum absolute atomic E-state index is 3.79. The molecule has 0 aromatic heterocycles. The van der Waals surface area contributed by atoms with Crippen molar-refractivity contribution in [2.45, 2.75) is 109 Å². The molecule has 0 radical (unpaired) electrons. The Morgan fingerprint density at radius 3 is 1.72 bits per heavy atom. The van der Waals surface area contributed by atoms with Crippen LogP contribution in [0.1, 0.15) is 97.4 Å². The largest absolute Gasteiger partial charge is 0.354 e. The summed E-state index contributed by atoms with van der Waals surface area (Å²) in [6.45, 7) is 29.7. The fourth-order valence-electron chi connectivity index (χ4n) is 3.97. The minimum absolute atomic E-state index is 0.242. The Labute approximate surface area is 244 Å². The molecule has 0 spiro atoms. The topological polar surface area (TPSA) is 12.0 Å². The minimum atomic E-state index is 0.242. The lowest BCUT2D eigenvalue weighted by molar-refractivity contribution is 0.567. The maximum Gasteiger partial charge on any atom is 0.0526 e. The van der Waals surface area contributed by atoms with E-state index in [0.717, 1.165) is 19.3 Å². The van der Waals surface area contributed by atoms with Crippen LogP contribution in [0.3, 0.4) is 0 Å². The van der Waals surface area contributed by atoms with E-state index in [1.165, 1.54) is 54.6 Å². The van der Waals surface area contributed by atoms with Gasteiger partial charge in [-0.05, 0) is 91.8 Å². The molecule has 0 saturated carbocycles. The Bertz CT molecular complexity index is 1220. The molecule has 210 valence electrons. The molecule has 39 heavy (non-hydrogen) atoms. The lowest BCUT2D eigenvalue weighted by Crippen LogP contribution is -2.16. The number of aryl methyl sites for hydroxylation is 2. The van der Waals surface area contributed by atoms with E-state index < -0.39 is 0 Å². The first-order valence-corrected chi connectivity index (χ1v) is 15.0. The summed E-state index contributed by atoms with van der Waals surface area (Å²) in [5, 5.41) is 3.47. The van der Waals surface area contributed by atoms with Crippen LogP contribution in [0.15, 0.2) is 94.8 Å². The van der Waals surface area contributed by atoms with Gasteiger partial charge in [-0.1, -0.05) is 113 Å². The molecule has 4 rings (SSSR count). The van der Waals surface area contributed by atoms with Crippen LogP contribution in [-0.4, -0.2) is 0 Å². The molecule has 0 saturated heterocycles. The number of allylic oxidation sites excluding steroid dienone is 2. The van der Waals surface area contributed by atoms with Gasteiger partial charge in [-0.2, -0.15) is 0 Å².